The highest BCUT2D eigenvalue weighted by Gasteiger charge is 2.20. The Labute approximate surface area is 68.8 Å². The molecule has 0 aromatic carbocycles. The molecule has 3 heteroatoms. The van der Waals surface area contributed by atoms with E-state index in [0.717, 1.165) is 13.1 Å². The summed E-state index contributed by atoms with van der Waals surface area (Å²) >= 11 is 0. The van der Waals surface area contributed by atoms with Gasteiger partial charge in [0.15, 0.2) is 0 Å². The lowest BCUT2D eigenvalue weighted by Gasteiger charge is -2.27. The van der Waals surface area contributed by atoms with E-state index in [9.17, 15) is 4.79 Å². The van der Waals surface area contributed by atoms with Crippen molar-refractivity contribution >= 4 is 5.91 Å². The van der Waals surface area contributed by atoms with Gasteiger partial charge in [-0.25, -0.2) is 0 Å². The first-order chi connectivity index (χ1) is 5.22. The van der Waals surface area contributed by atoms with Crippen molar-refractivity contribution in [3.63, 3.8) is 0 Å². The second kappa shape index (κ2) is 5.13. The monoisotopic (exact) mass is 158 g/mol. The molecule has 0 bridgehead atoms. The molecule has 1 amide bonds. The summed E-state index contributed by atoms with van der Waals surface area (Å²) in [6.07, 6.45) is 0. The van der Waals surface area contributed by atoms with E-state index >= 15 is 0 Å². The maximum absolute atomic E-state index is 11.0. The molecule has 0 spiro atoms. The third-order valence-corrected chi connectivity index (χ3v) is 1.64. The van der Waals surface area contributed by atoms with E-state index < -0.39 is 0 Å². The van der Waals surface area contributed by atoms with Crippen molar-refractivity contribution in [3.05, 3.63) is 0 Å². The minimum absolute atomic E-state index is 0.0174. The van der Waals surface area contributed by atoms with Crippen molar-refractivity contribution in [2.75, 3.05) is 20.1 Å². The number of hydrogen-bond acceptors (Lipinski definition) is 2. The number of hydrogen-bond donors (Lipinski definition) is 1. The number of nitrogens with zero attached hydrogens (tertiary/aromatic N) is 1. The second-order valence-electron chi connectivity index (χ2n) is 2.44. The standard InChI is InChI=1S/C6H12N2O.C2H6/c1-5-6(9)8(2)4-3-7-5;1-2/h5,7H,3-4H2,1-2H3;1-2H3/t5-;/m0./s1. The summed E-state index contributed by atoms with van der Waals surface area (Å²) in [6.45, 7) is 7.64. The number of nitrogens with one attached hydrogen (secondary N) is 1. The molecule has 0 radical (unpaired) electrons. The quantitative estimate of drug-likeness (QED) is 0.555. The van der Waals surface area contributed by atoms with E-state index in [2.05, 4.69) is 5.32 Å². The molecule has 0 unspecified atom stereocenters. The second-order valence-corrected chi connectivity index (χ2v) is 2.44. The van der Waals surface area contributed by atoms with Crippen molar-refractivity contribution in [1.29, 1.82) is 0 Å². The third kappa shape index (κ3) is 2.89. The zero-order chi connectivity index (χ0) is 8.85. The number of rotatable bonds is 0. The maximum Gasteiger partial charge on any atom is 0.239 e. The third-order valence-electron chi connectivity index (χ3n) is 1.64. The molecular weight excluding hydrogens is 140 g/mol. The summed E-state index contributed by atoms with van der Waals surface area (Å²) in [5, 5.41) is 3.07. The molecule has 0 aromatic heterocycles. The Balaban J connectivity index is 0.000000461. The molecule has 66 valence electrons. The van der Waals surface area contributed by atoms with Gasteiger partial charge in [0.1, 0.15) is 0 Å². The van der Waals surface area contributed by atoms with E-state index in [0.29, 0.717) is 0 Å². The fourth-order valence-electron chi connectivity index (χ4n) is 0.977. The van der Waals surface area contributed by atoms with Crippen molar-refractivity contribution < 1.29 is 4.79 Å². The Kier molecular flexibility index (Phi) is 4.86. The van der Waals surface area contributed by atoms with Crippen LogP contribution in [0.25, 0.3) is 0 Å². The fraction of sp³-hybridized carbons (Fsp3) is 0.875. The number of carbonyl (C=O) groups excluding carboxylic acids is 1. The van der Waals surface area contributed by atoms with Crippen LogP contribution < -0.4 is 5.32 Å². The number of amides is 1. The van der Waals surface area contributed by atoms with Crippen LogP contribution in [-0.4, -0.2) is 37.0 Å². The highest BCUT2D eigenvalue weighted by atomic mass is 16.2. The van der Waals surface area contributed by atoms with Gasteiger partial charge in [0.05, 0.1) is 6.04 Å². The molecule has 1 aliphatic rings. The number of likely N-dealkylation sites (N-methyl/N-ethyl adjacent to an activating group) is 1. The SMILES string of the molecule is CC.C[C@@H]1NCCN(C)C1=O. The van der Waals surface area contributed by atoms with Gasteiger partial charge in [-0.2, -0.15) is 0 Å². The smallest absolute Gasteiger partial charge is 0.239 e. The molecule has 1 fully saturated rings. The molecule has 0 aliphatic carbocycles. The van der Waals surface area contributed by atoms with Crippen LogP contribution in [0.4, 0.5) is 0 Å². The molecule has 1 heterocycles. The van der Waals surface area contributed by atoms with Crippen LogP contribution in [0, 0.1) is 0 Å². The van der Waals surface area contributed by atoms with E-state index in [1.807, 2.05) is 27.8 Å². The Morgan fingerprint density at radius 1 is 1.55 bits per heavy atom. The topological polar surface area (TPSA) is 32.3 Å². The van der Waals surface area contributed by atoms with Crippen molar-refractivity contribution in [2.24, 2.45) is 0 Å². The van der Waals surface area contributed by atoms with Crippen LogP contribution >= 0.6 is 0 Å². The minimum Gasteiger partial charge on any atom is -0.343 e. The van der Waals surface area contributed by atoms with Crippen LogP contribution in [0.2, 0.25) is 0 Å². The summed E-state index contributed by atoms with van der Waals surface area (Å²) in [7, 11) is 1.83. The van der Waals surface area contributed by atoms with Crippen molar-refractivity contribution in [1.82, 2.24) is 10.2 Å². The van der Waals surface area contributed by atoms with Crippen LogP contribution in [0.3, 0.4) is 0 Å². The summed E-state index contributed by atoms with van der Waals surface area (Å²) in [4.78, 5) is 12.7. The molecule has 1 N–H and O–H groups in total. The Morgan fingerprint density at radius 3 is 2.45 bits per heavy atom. The molecule has 1 atom stereocenters. The Bertz CT molecular complexity index is 113. The first-order valence-electron chi connectivity index (χ1n) is 4.20. The van der Waals surface area contributed by atoms with Gasteiger partial charge in [0.2, 0.25) is 5.91 Å². The Morgan fingerprint density at radius 2 is 2.09 bits per heavy atom. The van der Waals surface area contributed by atoms with E-state index in [1.54, 1.807) is 4.90 Å². The van der Waals surface area contributed by atoms with Gasteiger partial charge in [-0.1, -0.05) is 13.8 Å². The highest BCUT2D eigenvalue weighted by molar-refractivity contribution is 5.81. The Hall–Kier alpha value is -0.570. The van der Waals surface area contributed by atoms with Crippen LogP contribution in [0.15, 0.2) is 0 Å². The number of piperazine rings is 1. The first-order valence-corrected chi connectivity index (χ1v) is 4.20. The summed E-state index contributed by atoms with van der Waals surface area (Å²) < 4.78 is 0. The molecule has 1 saturated heterocycles. The van der Waals surface area contributed by atoms with Gasteiger partial charge in [-0.3, -0.25) is 4.79 Å². The van der Waals surface area contributed by atoms with E-state index in [1.165, 1.54) is 0 Å². The molecule has 1 aliphatic heterocycles. The van der Waals surface area contributed by atoms with Crippen molar-refractivity contribution in [2.45, 2.75) is 26.8 Å². The molecule has 11 heavy (non-hydrogen) atoms. The zero-order valence-electron chi connectivity index (χ0n) is 7.85. The predicted molar refractivity (Wildman–Crippen MR) is 46.4 cm³/mol. The zero-order valence-corrected chi connectivity index (χ0v) is 7.85. The van der Waals surface area contributed by atoms with E-state index in [4.69, 9.17) is 0 Å². The number of carbonyl (C=O) groups is 1. The molecule has 0 aromatic rings. The average Bonchev–Trinajstić information content (AvgIpc) is 2.04. The van der Waals surface area contributed by atoms with Crippen molar-refractivity contribution in [3.8, 4) is 0 Å². The van der Waals surface area contributed by atoms with Gasteiger partial charge in [-0.15, -0.1) is 0 Å². The normalized spacial score (nSPS) is 24.2. The highest BCUT2D eigenvalue weighted by Crippen LogP contribution is 1.95. The lowest BCUT2D eigenvalue weighted by Crippen LogP contribution is -2.51. The summed E-state index contributed by atoms with van der Waals surface area (Å²) in [6, 6.07) is 0.0174. The summed E-state index contributed by atoms with van der Waals surface area (Å²) in [5.74, 6) is 0.196. The summed E-state index contributed by atoms with van der Waals surface area (Å²) in [5.41, 5.74) is 0. The van der Waals surface area contributed by atoms with Gasteiger partial charge >= 0.3 is 0 Å². The molecular formula is C8H18N2O. The fourth-order valence-corrected chi connectivity index (χ4v) is 0.977. The van der Waals surface area contributed by atoms with Crippen LogP contribution in [-0.2, 0) is 4.79 Å². The molecule has 3 nitrogen and oxygen atoms in total. The lowest BCUT2D eigenvalue weighted by atomic mass is 10.2. The lowest BCUT2D eigenvalue weighted by molar-refractivity contribution is -0.133. The van der Waals surface area contributed by atoms with Gasteiger partial charge in [-0.05, 0) is 6.92 Å². The average molecular weight is 158 g/mol. The minimum atomic E-state index is 0.0174. The first kappa shape index (κ1) is 10.4. The van der Waals surface area contributed by atoms with Crippen LogP contribution in [0.5, 0.6) is 0 Å². The van der Waals surface area contributed by atoms with Gasteiger partial charge < -0.3 is 10.2 Å². The molecule has 0 saturated carbocycles. The van der Waals surface area contributed by atoms with Gasteiger partial charge in [0, 0.05) is 20.1 Å². The predicted octanol–water partition coefficient (Wildman–Crippen LogP) is 0.463. The van der Waals surface area contributed by atoms with Crippen LogP contribution in [0.1, 0.15) is 20.8 Å². The largest absolute Gasteiger partial charge is 0.343 e. The maximum atomic E-state index is 11.0. The van der Waals surface area contributed by atoms with Gasteiger partial charge in [0.25, 0.3) is 0 Å². The molecule has 1 rings (SSSR count). The van der Waals surface area contributed by atoms with E-state index in [-0.39, 0.29) is 11.9 Å².